The van der Waals surface area contributed by atoms with Crippen LogP contribution in [0.5, 0.6) is 0 Å². The van der Waals surface area contributed by atoms with Crippen molar-refractivity contribution >= 4 is 11.8 Å². The smallest absolute Gasteiger partial charge is 0.240 e. The Morgan fingerprint density at radius 2 is 1.96 bits per heavy atom. The molecule has 2 aliphatic rings. The van der Waals surface area contributed by atoms with Gasteiger partial charge in [-0.1, -0.05) is 19.0 Å². The average Bonchev–Trinajstić information content (AvgIpc) is 3.00. The van der Waals surface area contributed by atoms with E-state index < -0.39 is 5.60 Å². The van der Waals surface area contributed by atoms with Crippen molar-refractivity contribution < 1.29 is 14.4 Å². The largest absolute Gasteiger partial charge is 0.388 e. The van der Waals surface area contributed by atoms with Crippen LogP contribution in [0.4, 0.5) is 0 Å². The Bertz CT molecular complexity index is 562. The fourth-order valence-corrected chi connectivity index (χ4v) is 4.13. The summed E-state index contributed by atoms with van der Waals surface area (Å²) in [6.07, 6.45) is 2.78. The van der Waals surface area contributed by atoms with Gasteiger partial charge in [0.2, 0.25) is 5.89 Å². The van der Waals surface area contributed by atoms with E-state index in [1.807, 2.05) is 6.26 Å². The number of nitrogens with zero attached hydrogens (tertiary/aromatic N) is 4. The van der Waals surface area contributed by atoms with Gasteiger partial charge in [-0.3, -0.25) is 9.80 Å². The molecule has 2 fully saturated rings. The van der Waals surface area contributed by atoms with Gasteiger partial charge in [0.1, 0.15) is 0 Å². The van der Waals surface area contributed by atoms with Crippen LogP contribution in [0.2, 0.25) is 0 Å². The van der Waals surface area contributed by atoms with Gasteiger partial charge in [0.15, 0.2) is 5.82 Å². The van der Waals surface area contributed by atoms with Crippen LogP contribution < -0.4 is 0 Å². The summed E-state index contributed by atoms with van der Waals surface area (Å²) in [6.45, 7) is 10.7. The second kappa shape index (κ2) is 7.92. The molecule has 0 amide bonds. The fourth-order valence-electron chi connectivity index (χ4n) is 3.76. The highest BCUT2D eigenvalue weighted by Gasteiger charge is 2.48. The van der Waals surface area contributed by atoms with Crippen molar-refractivity contribution in [3.05, 3.63) is 11.7 Å². The van der Waals surface area contributed by atoms with Gasteiger partial charge >= 0.3 is 0 Å². The lowest BCUT2D eigenvalue weighted by atomic mass is 9.69. The van der Waals surface area contributed by atoms with Gasteiger partial charge in [0, 0.05) is 38.1 Å². The Morgan fingerprint density at radius 1 is 1.20 bits per heavy atom. The summed E-state index contributed by atoms with van der Waals surface area (Å²) in [5.74, 6) is 2.19. The number of piperidine rings is 1. The molecule has 0 saturated carbocycles. The van der Waals surface area contributed by atoms with E-state index in [0.717, 1.165) is 63.9 Å². The SMILES string of the molecule is CSCc1noc(CN2CC[C@](O)(CN3CCOCC3)C(C)(C)C2)n1. The van der Waals surface area contributed by atoms with E-state index in [-0.39, 0.29) is 5.41 Å². The molecule has 0 bridgehead atoms. The minimum absolute atomic E-state index is 0.203. The minimum Gasteiger partial charge on any atom is -0.388 e. The van der Waals surface area contributed by atoms with Gasteiger partial charge in [-0.15, -0.1) is 0 Å². The Hall–Kier alpha value is -0.670. The van der Waals surface area contributed by atoms with Gasteiger partial charge in [-0.2, -0.15) is 16.7 Å². The lowest BCUT2D eigenvalue weighted by Gasteiger charge is -2.52. The van der Waals surface area contributed by atoms with E-state index in [4.69, 9.17) is 9.26 Å². The molecule has 0 radical (unpaired) electrons. The molecule has 25 heavy (non-hydrogen) atoms. The van der Waals surface area contributed by atoms with Crippen molar-refractivity contribution in [3.63, 3.8) is 0 Å². The maximum atomic E-state index is 11.3. The van der Waals surface area contributed by atoms with Gasteiger partial charge in [-0.25, -0.2) is 0 Å². The maximum Gasteiger partial charge on any atom is 0.240 e. The lowest BCUT2D eigenvalue weighted by Crippen LogP contribution is -2.62. The van der Waals surface area contributed by atoms with E-state index in [1.54, 1.807) is 11.8 Å². The van der Waals surface area contributed by atoms with Crippen molar-refractivity contribution in [1.29, 1.82) is 0 Å². The summed E-state index contributed by atoms with van der Waals surface area (Å²) in [4.78, 5) is 9.08. The standard InChI is InChI=1S/C17H30N4O3S/c1-16(2)12-21(10-15-18-14(11-25-3)19-24-15)5-4-17(16,22)13-20-6-8-23-9-7-20/h22H,4-13H2,1-3H3/t17-/m0/s1. The molecule has 7 nitrogen and oxygen atoms in total. The molecule has 3 heterocycles. The number of aromatic nitrogens is 2. The lowest BCUT2D eigenvalue weighted by molar-refractivity contribution is -0.141. The number of hydrogen-bond acceptors (Lipinski definition) is 8. The van der Waals surface area contributed by atoms with Crippen molar-refractivity contribution in [2.75, 3.05) is 52.2 Å². The predicted octanol–water partition coefficient (Wildman–Crippen LogP) is 1.23. The third-order valence-electron chi connectivity index (χ3n) is 5.45. The maximum absolute atomic E-state index is 11.3. The van der Waals surface area contributed by atoms with Crippen molar-refractivity contribution in [2.45, 2.75) is 38.2 Å². The highest BCUT2D eigenvalue weighted by molar-refractivity contribution is 7.97. The second-order valence-corrected chi connectivity index (χ2v) is 8.67. The van der Waals surface area contributed by atoms with Crippen molar-refractivity contribution in [1.82, 2.24) is 19.9 Å². The van der Waals surface area contributed by atoms with E-state index in [1.165, 1.54) is 0 Å². The van der Waals surface area contributed by atoms with E-state index in [0.29, 0.717) is 12.4 Å². The molecule has 2 saturated heterocycles. The van der Waals surface area contributed by atoms with Crippen molar-refractivity contribution in [3.8, 4) is 0 Å². The second-order valence-electron chi connectivity index (χ2n) is 7.80. The number of β-amino-alcohol motifs (C(OH)–C–C–N with tert-alkyl or cyclic N) is 1. The summed E-state index contributed by atoms with van der Waals surface area (Å²) in [5.41, 5.74) is -0.884. The quantitative estimate of drug-likeness (QED) is 0.801. The summed E-state index contributed by atoms with van der Waals surface area (Å²) in [7, 11) is 0. The molecule has 0 spiro atoms. The molecule has 1 aromatic heterocycles. The number of rotatable bonds is 6. The first-order valence-electron chi connectivity index (χ1n) is 8.97. The predicted molar refractivity (Wildman–Crippen MR) is 97.4 cm³/mol. The van der Waals surface area contributed by atoms with Gasteiger partial charge in [0.05, 0.1) is 31.1 Å². The Morgan fingerprint density at radius 3 is 2.64 bits per heavy atom. The van der Waals surface area contributed by atoms with Crippen molar-refractivity contribution in [2.24, 2.45) is 5.41 Å². The van der Waals surface area contributed by atoms with Crippen LogP contribution in [0.15, 0.2) is 4.52 Å². The van der Waals surface area contributed by atoms with Gasteiger partial charge in [-0.05, 0) is 12.7 Å². The Labute approximate surface area is 154 Å². The van der Waals surface area contributed by atoms with Crippen LogP contribution in [0.1, 0.15) is 32.0 Å². The molecular weight excluding hydrogens is 340 g/mol. The summed E-state index contributed by atoms with van der Waals surface area (Å²) in [5, 5.41) is 15.4. The molecule has 1 N–H and O–H groups in total. The van der Waals surface area contributed by atoms with E-state index >= 15 is 0 Å². The Balaban J connectivity index is 1.58. The first-order valence-corrected chi connectivity index (χ1v) is 10.4. The van der Waals surface area contributed by atoms with Crippen LogP contribution in [-0.4, -0.2) is 82.8 Å². The van der Waals surface area contributed by atoms with Crippen LogP contribution in [0.3, 0.4) is 0 Å². The van der Waals surface area contributed by atoms with Crippen LogP contribution in [0, 0.1) is 5.41 Å². The first-order chi connectivity index (χ1) is 11.9. The third-order valence-corrected chi connectivity index (χ3v) is 6.00. The highest BCUT2D eigenvalue weighted by atomic mass is 32.2. The summed E-state index contributed by atoms with van der Waals surface area (Å²) in [6, 6.07) is 0. The Kier molecular flexibility index (Phi) is 6.05. The average molecular weight is 371 g/mol. The molecule has 1 atom stereocenters. The highest BCUT2D eigenvalue weighted by Crippen LogP contribution is 2.39. The zero-order chi connectivity index (χ0) is 17.9. The van der Waals surface area contributed by atoms with E-state index in [2.05, 4.69) is 33.8 Å². The van der Waals surface area contributed by atoms with Crippen LogP contribution in [0.25, 0.3) is 0 Å². The summed E-state index contributed by atoms with van der Waals surface area (Å²) < 4.78 is 10.8. The normalized spacial score (nSPS) is 28.3. The number of ether oxygens (including phenoxy) is 1. The molecule has 0 aliphatic carbocycles. The van der Waals surface area contributed by atoms with Crippen LogP contribution >= 0.6 is 11.8 Å². The van der Waals surface area contributed by atoms with Gasteiger partial charge in [0.25, 0.3) is 0 Å². The minimum atomic E-state index is -0.681. The third kappa shape index (κ3) is 4.54. The molecular formula is C17H30N4O3S. The monoisotopic (exact) mass is 370 g/mol. The summed E-state index contributed by atoms with van der Waals surface area (Å²) >= 11 is 1.68. The fraction of sp³-hybridized carbons (Fsp3) is 0.882. The molecule has 3 rings (SSSR count). The number of hydrogen-bond donors (Lipinski definition) is 1. The number of morpholine rings is 1. The number of likely N-dealkylation sites (tertiary alicyclic amines) is 1. The zero-order valence-corrected chi connectivity index (χ0v) is 16.3. The molecule has 1 aromatic rings. The first kappa shape index (κ1) is 19.1. The van der Waals surface area contributed by atoms with Gasteiger partial charge < -0.3 is 14.4 Å². The molecule has 8 heteroatoms. The van der Waals surface area contributed by atoms with E-state index in [9.17, 15) is 5.11 Å². The number of thioether (sulfide) groups is 1. The molecule has 142 valence electrons. The molecule has 2 aliphatic heterocycles. The topological polar surface area (TPSA) is 74.9 Å². The number of aliphatic hydroxyl groups is 1. The zero-order valence-electron chi connectivity index (χ0n) is 15.5. The molecule has 0 aromatic carbocycles. The van der Waals surface area contributed by atoms with Crippen LogP contribution in [-0.2, 0) is 17.0 Å². The molecule has 0 unspecified atom stereocenters.